The van der Waals surface area contributed by atoms with Gasteiger partial charge in [-0.1, -0.05) is 26.0 Å². The van der Waals surface area contributed by atoms with Crippen molar-refractivity contribution in [3.8, 4) is 0 Å². The Morgan fingerprint density at radius 2 is 2.14 bits per heavy atom. The Labute approximate surface area is 125 Å². The normalized spacial score (nSPS) is 14.3. The Kier molecular flexibility index (Phi) is 4.63. The molecule has 5 heteroatoms. The zero-order chi connectivity index (χ0) is 15.5. The molecule has 1 aromatic carbocycles. The maximum atomic E-state index is 12.0. The van der Waals surface area contributed by atoms with Gasteiger partial charge < -0.3 is 15.0 Å². The molecule has 0 aliphatic carbocycles. The van der Waals surface area contributed by atoms with Crippen LogP contribution in [0.5, 0.6) is 0 Å². The molecule has 0 saturated carbocycles. The maximum Gasteiger partial charge on any atom is 0.240 e. The molecule has 0 spiro atoms. The Balaban J connectivity index is 1.93. The number of hydrogen-bond donors (Lipinski definition) is 2. The first-order chi connectivity index (χ1) is 9.87. The smallest absolute Gasteiger partial charge is 0.240 e. The minimum atomic E-state index is -0.874. The summed E-state index contributed by atoms with van der Waals surface area (Å²) in [5.74, 6) is 0.261. The molecular weight excluding hydrogens is 266 g/mol. The average Bonchev–Trinajstić information content (AvgIpc) is 2.79. The van der Waals surface area contributed by atoms with E-state index in [0.29, 0.717) is 12.3 Å². The molecule has 0 radical (unpaired) electrons. The lowest BCUT2D eigenvalue weighted by molar-refractivity contribution is -0.122. The van der Waals surface area contributed by atoms with Gasteiger partial charge in [0.25, 0.3) is 0 Å². The molecule has 1 unspecified atom stereocenters. The van der Waals surface area contributed by atoms with Crippen LogP contribution in [0.2, 0.25) is 0 Å². The van der Waals surface area contributed by atoms with Gasteiger partial charge in [-0.05, 0) is 31.4 Å². The third kappa shape index (κ3) is 4.29. The SMILES string of the molecule is CC(C)CC(C)(O)CNC(=O)Cn1cnc2ccccc21. The molecule has 1 aromatic heterocycles. The fraction of sp³-hybridized carbons (Fsp3) is 0.500. The lowest BCUT2D eigenvalue weighted by Crippen LogP contribution is -2.42. The fourth-order valence-electron chi connectivity index (χ4n) is 2.59. The Bertz CT molecular complexity index is 617. The summed E-state index contributed by atoms with van der Waals surface area (Å²) in [7, 11) is 0. The van der Waals surface area contributed by atoms with Gasteiger partial charge in [-0.25, -0.2) is 4.98 Å². The first-order valence-corrected chi connectivity index (χ1v) is 7.26. The molecule has 21 heavy (non-hydrogen) atoms. The molecule has 5 nitrogen and oxygen atoms in total. The number of amides is 1. The number of benzene rings is 1. The number of aliphatic hydroxyl groups is 1. The minimum Gasteiger partial charge on any atom is -0.388 e. The molecule has 0 fully saturated rings. The number of hydrogen-bond acceptors (Lipinski definition) is 3. The van der Waals surface area contributed by atoms with E-state index in [4.69, 9.17) is 0 Å². The van der Waals surface area contributed by atoms with Gasteiger partial charge in [0.2, 0.25) is 5.91 Å². The van der Waals surface area contributed by atoms with Crippen molar-refractivity contribution in [2.24, 2.45) is 5.92 Å². The molecule has 114 valence electrons. The fourth-order valence-corrected chi connectivity index (χ4v) is 2.59. The summed E-state index contributed by atoms with van der Waals surface area (Å²) in [4.78, 5) is 16.3. The van der Waals surface area contributed by atoms with Crippen LogP contribution in [-0.4, -0.2) is 32.7 Å². The second kappa shape index (κ2) is 6.26. The lowest BCUT2D eigenvalue weighted by atomic mass is 9.94. The largest absolute Gasteiger partial charge is 0.388 e. The third-order valence-corrected chi connectivity index (χ3v) is 3.36. The van der Waals surface area contributed by atoms with Crippen molar-refractivity contribution in [1.82, 2.24) is 14.9 Å². The first kappa shape index (κ1) is 15.5. The highest BCUT2D eigenvalue weighted by atomic mass is 16.3. The number of nitrogens with zero attached hydrogens (tertiary/aromatic N) is 2. The number of nitrogens with one attached hydrogen (secondary N) is 1. The van der Waals surface area contributed by atoms with Crippen LogP contribution < -0.4 is 5.32 Å². The highest BCUT2D eigenvalue weighted by Crippen LogP contribution is 2.15. The zero-order valence-electron chi connectivity index (χ0n) is 12.8. The van der Waals surface area contributed by atoms with Gasteiger partial charge in [0.05, 0.1) is 23.0 Å². The van der Waals surface area contributed by atoms with Crippen molar-refractivity contribution >= 4 is 16.9 Å². The number of imidazole rings is 1. The Morgan fingerprint density at radius 3 is 2.86 bits per heavy atom. The van der Waals surface area contributed by atoms with Crippen molar-refractivity contribution in [2.45, 2.75) is 39.3 Å². The molecule has 0 bridgehead atoms. The molecule has 1 amide bonds. The lowest BCUT2D eigenvalue weighted by Gasteiger charge is -2.25. The summed E-state index contributed by atoms with van der Waals surface area (Å²) in [6.07, 6.45) is 2.32. The zero-order valence-corrected chi connectivity index (χ0v) is 12.8. The minimum absolute atomic E-state index is 0.123. The average molecular weight is 289 g/mol. The van der Waals surface area contributed by atoms with Crippen LogP contribution in [0.4, 0.5) is 0 Å². The van der Waals surface area contributed by atoms with E-state index in [9.17, 15) is 9.90 Å². The number of aromatic nitrogens is 2. The van der Waals surface area contributed by atoms with Crippen LogP contribution in [0.1, 0.15) is 27.2 Å². The summed E-state index contributed by atoms with van der Waals surface area (Å²) < 4.78 is 1.81. The van der Waals surface area contributed by atoms with E-state index in [1.54, 1.807) is 13.3 Å². The van der Waals surface area contributed by atoms with Crippen LogP contribution in [-0.2, 0) is 11.3 Å². The quantitative estimate of drug-likeness (QED) is 0.854. The standard InChI is InChI=1S/C16H23N3O2/c1-12(2)8-16(3,21)10-17-15(20)9-19-11-18-13-6-4-5-7-14(13)19/h4-7,11-12,21H,8-10H2,1-3H3,(H,17,20). The van der Waals surface area contributed by atoms with Crippen LogP contribution in [0.25, 0.3) is 11.0 Å². The highest BCUT2D eigenvalue weighted by Gasteiger charge is 2.22. The van der Waals surface area contributed by atoms with E-state index >= 15 is 0 Å². The van der Waals surface area contributed by atoms with Crippen molar-refractivity contribution in [1.29, 1.82) is 0 Å². The van der Waals surface area contributed by atoms with E-state index in [1.165, 1.54) is 0 Å². The van der Waals surface area contributed by atoms with Gasteiger partial charge in [-0.15, -0.1) is 0 Å². The molecule has 0 aliphatic heterocycles. The highest BCUT2D eigenvalue weighted by molar-refractivity contribution is 5.80. The maximum absolute atomic E-state index is 12.0. The van der Waals surface area contributed by atoms with E-state index in [0.717, 1.165) is 11.0 Å². The summed E-state index contributed by atoms with van der Waals surface area (Å²) in [6, 6.07) is 7.69. The van der Waals surface area contributed by atoms with Gasteiger partial charge in [0.15, 0.2) is 0 Å². The number of rotatable bonds is 6. The topological polar surface area (TPSA) is 67.2 Å². The second-order valence-electron chi connectivity index (χ2n) is 6.23. The van der Waals surface area contributed by atoms with Crippen molar-refractivity contribution in [2.75, 3.05) is 6.54 Å². The monoisotopic (exact) mass is 289 g/mol. The van der Waals surface area contributed by atoms with Gasteiger partial charge >= 0.3 is 0 Å². The van der Waals surface area contributed by atoms with E-state index in [1.807, 2.05) is 42.7 Å². The number of carbonyl (C=O) groups is 1. The molecule has 0 aliphatic rings. The summed E-state index contributed by atoms with van der Waals surface area (Å²) in [5.41, 5.74) is 0.930. The van der Waals surface area contributed by atoms with Gasteiger partial charge in [-0.3, -0.25) is 4.79 Å². The molecular formula is C16H23N3O2. The third-order valence-electron chi connectivity index (χ3n) is 3.36. The molecule has 2 rings (SSSR count). The Hall–Kier alpha value is -1.88. The predicted octanol–water partition coefficient (Wildman–Crippen LogP) is 1.95. The molecule has 2 N–H and O–H groups in total. The van der Waals surface area contributed by atoms with Crippen LogP contribution in [0.15, 0.2) is 30.6 Å². The second-order valence-corrected chi connectivity index (χ2v) is 6.23. The summed E-state index contributed by atoms with van der Waals surface area (Å²) >= 11 is 0. The van der Waals surface area contributed by atoms with Crippen molar-refractivity contribution < 1.29 is 9.90 Å². The van der Waals surface area contributed by atoms with Gasteiger partial charge in [0, 0.05) is 6.54 Å². The van der Waals surface area contributed by atoms with Crippen LogP contribution in [0.3, 0.4) is 0 Å². The van der Waals surface area contributed by atoms with Crippen LogP contribution in [0, 0.1) is 5.92 Å². The number of carbonyl (C=O) groups excluding carboxylic acids is 1. The summed E-state index contributed by atoms with van der Waals surface area (Å²) in [5, 5.41) is 13.0. The van der Waals surface area contributed by atoms with E-state index < -0.39 is 5.60 Å². The Morgan fingerprint density at radius 1 is 1.43 bits per heavy atom. The molecule has 0 saturated heterocycles. The molecule has 1 heterocycles. The molecule has 1 atom stereocenters. The van der Waals surface area contributed by atoms with Crippen molar-refractivity contribution in [3.05, 3.63) is 30.6 Å². The van der Waals surface area contributed by atoms with Gasteiger partial charge in [-0.2, -0.15) is 0 Å². The van der Waals surface area contributed by atoms with Crippen LogP contribution >= 0.6 is 0 Å². The summed E-state index contributed by atoms with van der Waals surface area (Å²) in [6.45, 7) is 6.32. The number of para-hydroxylation sites is 2. The van der Waals surface area contributed by atoms with E-state index in [2.05, 4.69) is 10.3 Å². The number of fused-ring (bicyclic) bond motifs is 1. The molecule has 2 aromatic rings. The van der Waals surface area contributed by atoms with E-state index in [-0.39, 0.29) is 19.0 Å². The van der Waals surface area contributed by atoms with Gasteiger partial charge in [0.1, 0.15) is 6.54 Å². The van der Waals surface area contributed by atoms with Crippen molar-refractivity contribution in [3.63, 3.8) is 0 Å². The predicted molar refractivity (Wildman–Crippen MR) is 82.8 cm³/mol. The first-order valence-electron chi connectivity index (χ1n) is 7.26.